The van der Waals surface area contributed by atoms with Crippen LogP contribution in [0, 0.1) is 0 Å². The van der Waals surface area contributed by atoms with E-state index >= 15 is 0 Å². The van der Waals surface area contributed by atoms with Gasteiger partial charge in [-0.05, 0) is 44.2 Å². The van der Waals surface area contributed by atoms with Crippen molar-refractivity contribution in [2.75, 3.05) is 5.32 Å². The van der Waals surface area contributed by atoms with Crippen LogP contribution in [0.1, 0.15) is 34.7 Å². The summed E-state index contributed by atoms with van der Waals surface area (Å²) in [5.74, 6) is -0.718. The Bertz CT molecular complexity index is 728. The van der Waals surface area contributed by atoms with Crippen molar-refractivity contribution in [2.45, 2.75) is 19.9 Å². The highest BCUT2D eigenvalue weighted by atomic mass is 35.5. The van der Waals surface area contributed by atoms with Gasteiger partial charge >= 0.3 is 0 Å². The lowest BCUT2D eigenvalue weighted by atomic mass is 10.2. The summed E-state index contributed by atoms with van der Waals surface area (Å²) in [5.41, 5.74) is 0.956. The Hall–Kier alpha value is -2.11. The Labute approximate surface area is 144 Å². The number of amides is 2. The summed E-state index contributed by atoms with van der Waals surface area (Å²) in [7, 11) is 0. The van der Waals surface area contributed by atoms with Crippen molar-refractivity contribution in [3.05, 3.63) is 57.8 Å². The molecular weight excluding hydrogens is 337 g/mol. The normalized spacial score (nSPS) is 10.5. The molecule has 0 aliphatic rings. The van der Waals surface area contributed by atoms with Crippen molar-refractivity contribution in [3.63, 3.8) is 0 Å². The van der Waals surface area contributed by atoms with Crippen LogP contribution >= 0.6 is 23.2 Å². The fraction of sp³-hybridized carbons (Fsp3) is 0.188. The molecule has 0 saturated heterocycles. The maximum absolute atomic E-state index is 12.3. The number of pyridine rings is 1. The van der Waals surface area contributed by atoms with Crippen molar-refractivity contribution in [2.24, 2.45) is 0 Å². The molecule has 0 fully saturated rings. The summed E-state index contributed by atoms with van der Waals surface area (Å²) in [6, 6.07) is 7.67. The number of nitrogens with one attached hydrogen (secondary N) is 2. The van der Waals surface area contributed by atoms with Gasteiger partial charge in [0.1, 0.15) is 5.69 Å². The van der Waals surface area contributed by atoms with E-state index in [1.54, 1.807) is 18.2 Å². The van der Waals surface area contributed by atoms with E-state index in [2.05, 4.69) is 15.6 Å². The fourth-order valence-electron chi connectivity index (χ4n) is 1.86. The Morgan fingerprint density at radius 1 is 1.04 bits per heavy atom. The van der Waals surface area contributed by atoms with E-state index in [0.717, 1.165) is 0 Å². The molecule has 0 atom stereocenters. The Morgan fingerprint density at radius 3 is 2.30 bits per heavy atom. The Kier molecular flexibility index (Phi) is 5.58. The van der Waals surface area contributed by atoms with E-state index in [1.807, 2.05) is 13.8 Å². The number of benzene rings is 1. The zero-order valence-corrected chi connectivity index (χ0v) is 14.1. The molecule has 23 heavy (non-hydrogen) atoms. The van der Waals surface area contributed by atoms with E-state index in [0.29, 0.717) is 21.3 Å². The number of rotatable bonds is 4. The number of nitrogens with zero attached hydrogens (tertiary/aromatic N) is 1. The number of hydrogen-bond donors (Lipinski definition) is 2. The second-order valence-electron chi connectivity index (χ2n) is 5.17. The minimum atomic E-state index is -0.385. The molecule has 0 aliphatic heterocycles. The smallest absolute Gasteiger partial charge is 0.270 e. The van der Waals surface area contributed by atoms with Crippen LogP contribution in [0.25, 0.3) is 0 Å². The molecule has 0 bridgehead atoms. The summed E-state index contributed by atoms with van der Waals surface area (Å²) >= 11 is 11.8. The molecule has 0 radical (unpaired) electrons. The zero-order valence-electron chi connectivity index (χ0n) is 12.6. The maximum atomic E-state index is 12.3. The van der Waals surface area contributed by atoms with Gasteiger partial charge in [-0.2, -0.15) is 0 Å². The molecule has 0 aliphatic carbocycles. The molecular formula is C16H15Cl2N3O2. The molecule has 0 unspecified atom stereocenters. The summed E-state index contributed by atoms with van der Waals surface area (Å²) in [5, 5.41) is 6.23. The molecule has 0 spiro atoms. The van der Waals surface area contributed by atoms with Crippen LogP contribution in [0.5, 0.6) is 0 Å². The highest BCUT2D eigenvalue weighted by molar-refractivity contribution is 6.35. The van der Waals surface area contributed by atoms with Crippen LogP contribution in [-0.4, -0.2) is 22.8 Å². The van der Waals surface area contributed by atoms with E-state index < -0.39 is 0 Å². The molecule has 2 aromatic rings. The number of aromatic nitrogens is 1. The van der Waals surface area contributed by atoms with Crippen LogP contribution < -0.4 is 10.6 Å². The van der Waals surface area contributed by atoms with Crippen molar-refractivity contribution < 1.29 is 9.59 Å². The van der Waals surface area contributed by atoms with Gasteiger partial charge in [-0.25, -0.2) is 0 Å². The second kappa shape index (κ2) is 7.44. The summed E-state index contributed by atoms with van der Waals surface area (Å²) in [4.78, 5) is 28.2. The lowest BCUT2D eigenvalue weighted by molar-refractivity contribution is 0.0938. The van der Waals surface area contributed by atoms with Gasteiger partial charge in [0.15, 0.2) is 0 Å². The predicted molar refractivity (Wildman–Crippen MR) is 91.3 cm³/mol. The molecule has 2 N–H and O–H groups in total. The van der Waals surface area contributed by atoms with Gasteiger partial charge < -0.3 is 10.6 Å². The van der Waals surface area contributed by atoms with Gasteiger partial charge in [0.05, 0.1) is 0 Å². The minimum Gasteiger partial charge on any atom is -0.349 e. The highest BCUT2D eigenvalue weighted by Crippen LogP contribution is 2.22. The molecule has 2 rings (SSSR count). The Morgan fingerprint density at radius 2 is 1.70 bits per heavy atom. The standard InChI is InChI=1S/C16H15Cl2N3O2/c1-9(2)20-16(23)14-5-10(3-4-19-14)15(22)21-13-7-11(17)6-12(18)8-13/h3-9H,1-2H3,(H,20,23)(H,21,22). The topological polar surface area (TPSA) is 71.1 Å². The van der Waals surface area contributed by atoms with Crippen LogP contribution in [0.4, 0.5) is 5.69 Å². The number of carbonyl (C=O) groups is 2. The lowest BCUT2D eigenvalue weighted by Gasteiger charge is -2.09. The first-order valence-corrected chi connectivity index (χ1v) is 7.65. The van der Waals surface area contributed by atoms with Crippen molar-refractivity contribution in [1.82, 2.24) is 10.3 Å². The predicted octanol–water partition coefficient (Wildman–Crippen LogP) is 3.78. The average molecular weight is 352 g/mol. The fourth-order valence-corrected chi connectivity index (χ4v) is 2.39. The largest absolute Gasteiger partial charge is 0.349 e. The number of carbonyl (C=O) groups excluding carboxylic acids is 2. The Balaban J connectivity index is 2.18. The van der Waals surface area contributed by atoms with Gasteiger partial charge in [-0.15, -0.1) is 0 Å². The van der Waals surface area contributed by atoms with Crippen LogP contribution in [0.15, 0.2) is 36.5 Å². The zero-order chi connectivity index (χ0) is 17.0. The third-order valence-corrected chi connectivity index (χ3v) is 3.23. The van der Waals surface area contributed by atoms with Gasteiger partial charge in [-0.3, -0.25) is 14.6 Å². The van der Waals surface area contributed by atoms with Crippen molar-refractivity contribution in [1.29, 1.82) is 0 Å². The van der Waals surface area contributed by atoms with E-state index in [-0.39, 0.29) is 23.6 Å². The van der Waals surface area contributed by atoms with Crippen LogP contribution in [0.2, 0.25) is 10.0 Å². The molecule has 1 aromatic carbocycles. The van der Waals surface area contributed by atoms with E-state index in [4.69, 9.17) is 23.2 Å². The molecule has 0 saturated carbocycles. The quantitative estimate of drug-likeness (QED) is 0.880. The SMILES string of the molecule is CC(C)NC(=O)c1cc(C(=O)Nc2cc(Cl)cc(Cl)c2)ccn1. The van der Waals surface area contributed by atoms with Crippen LogP contribution in [-0.2, 0) is 0 Å². The summed E-state index contributed by atoms with van der Waals surface area (Å²) < 4.78 is 0. The second-order valence-corrected chi connectivity index (χ2v) is 6.04. The summed E-state index contributed by atoms with van der Waals surface area (Å²) in [6.45, 7) is 3.69. The molecule has 120 valence electrons. The van der Waals surface area contributed by atoms with Crippen molar-refractivity contribution >= 4 is 40.7 Å². The van der Waals surface area contributed by atoms with Gasteiger partial charge in [0.2, 0.25) is 0 Å². The minimum absolute atomic E-state index is 0.0182. The first-order valence-electron chi connectivity index (χ1n) is 6.89. The lowest BCUT2D eigenvalue weighted by Crippen LogP contribution is -2.31. The number of halogens is 2. The van der Waals surface area contributed by atoms with E-state index in [9.17, 15) is 9.59 Å². The molecule has 2 amide bonds. The number of hydrogen-bond acceptors (Lipinski definition) is 3. The molecule has 1 heterocycles. The first-order chi connectivity index (χ1) is 10.8. The summed E-state index contributed by atoms with van der Waals surface area (Å²) in [6.07, 6.45) is 1.41. The third kappa shape index (κ3) is 4.94. The van der Waals surface area contributed by atoms with Crippen molar-refractivity contribution in [3.8, 4) is 0 Å². The van der Waals surface area contributed by atoms with E-state index in [1.165, 1.54) is 18.3 Å². The first kappa shape index (κ1) is 17.2. The molecule has 5 nitrogen and oxygen atoms in total. The average Bonchev–Trinajstić information content (AvgIpc) is 2.45. The third-order valence-electron chi connectivity index (χ3n) is 2.79. The van der Waals surface area contributed by atoms with Crippen LogP contribution in [0.3, 0.4) is 0 Å². The van der Waals surface area contributed by atoms with Gasteiger partial charge in [-0.1, -0.05) is 23.2 Å². The molecule has 7 heteroatoms. The number of anilines is 1. The van der Waals surface area contributed by atoms with Gasteiger partial charge in [0, 0.05) is 33.5 Å². The maximum Gasteiger partial charge on any atom is 0.270 e. The molecule has 1 aromatic heterocycles. The highest BCUT2D eigenvalue weighted by Gasteiger charge is 2.13. The monoisotopic (exact) mass is 351 g/mol. The van der Waals surface area contributed by atoms with Gasteiger partial charge in [0.25, 0.3) is 11.8 Å².